The molecule has 0 atom stereocenters. The van der Waals surface area contributed by atoms with Crippen molar-refractivity contribution in [1.82, 2.24) is 5.32 Å². The number of rotatable bonds is 1. The van der Waals surface area contributed by atoms with Crippen LogP contribution in [0.4, 0.5) is 5.69 Å². The molecular weight excluding hydrogens is 162 g/mol. The molecule has 1 N–H and O–H groups in total. The number of aromatic nitrogens is 1. The lowest BCUT2D eigenvalue weighted by Gasteiger charge is -2.28. The highest BCUT2D eigenvalue weighted by Gasteiger charge is 2.10. The van der Waals surface area contributed by atoms with Gasteiger partial charge in [-0.3, -0.25) is 0 Å². The van der Waals surface area contributed by atoms with E-state index in [1.807, 2.05) is 7.05 Å². The Morgan fingerprint density at radius 3 is 2.46 bits per heavy atom. The van der Waals surface area contributed by atoms with Crippen LogP contribution < -0.4 is 14.8 Å². The maximum absolute atomic E-state index is 3.35. The summed E-state index contributed by atoms with van der Waals surface area (Å²) in [6.07, 6.45) is 4.19. The van der Waals surface area contributed by atoms with Gasteiger partial charge in [-0.2, -0.15) is 0 Å². The lowest BCUT2D eigenvalue weighted by atomic mass is 10.3. The summed E-state index contributed by atoms with van der Waals surface area (Å²) >= 11 is 0. The molecule has 0 radical (unpaired) electrons. The first kappa shape index (κ1) is 8.51. The first-order valence-electron chi connectivity index (χ1n) is 4.77. The van der Waals surface area contributed by atoms with Crippen LogP contribution in [0.5, 0.6) is 0 Å². The number of hydrogen-bond donors (Lipinski definition) is 1. The summed E-state index contributed by atoms with van der Waals surface area (Å²) < 4.78 is 2.06. The zero-order valence-corrected chi connectivity index (χ0v) is 8.03. The van der Waals surface area contributed by atoms with E-state index < -0.39 is 0 Å². The lowest BCUT2D eigenvalue weighted by Crippen LogP contribution is -2.43. The van der Waals surface area contributed by atoms with Crippen molar-refractivity contribution >= 4 is 5.69 Å². The molecule has 0 amide bonds. The molecule has 0 spiro atoms. The van der Waals surface area contributed by atoms with Gasteiger partial charge in [0.15, 0.2) is 12.4 Å². The van der Waals surface area contributed by atoms with Crippen LogP contribution in [-0.4, -0.2) is 26.2 Å². The smallest absolute Gasteiger partial charge is 0.170 e. The van der Waals surface area contributed by atoms with Crippen LogP contribution in [0.3, 0.4) is 0 Å². The summed E-state index contributed by atoms with van der Waals surface area (Å²) in [6, 6.07) is 4.34. The van der Waals surface area contributed by atoms with Gasteiger partial charge < -0.3 is 10.2 Å². The van der Waals surface area contributed by atoms with Gasteiger partial charge in [0.2, 0.25) is 0 Å². The van der Waals surface area contributed by atoms with Gasteiger partial charge in [-0.1, -0.05) is 0 Å². The van der Waals surface area contributed by atoms with Crippen LogP contribution in [0.15, 0.2) is 24.5 Å². The Morgan fingerprint density at radius 2 is 1.85 bits per heavy atom. The fourth-order valence-electron chi connectivity index (χ4n) is 1.63. The van der Waals surface area contributed by atoms with Crippen LogP contribution >= 0.6 is 0 Å². The van der Waals surface area contributed by atoms with Crippen molar-refractivity contribution in [3.8, 4) is 0 Å². The Labute approximate surface area is 79.0 Å². The van der Waals surface area contributed by atoms with Crippen LogP contribution in [0, 0.1) is 0 Å². The monoisotopic (exact) mass is 178 g/mol. The minimum absolute atomic E-state index is 1.10. The quantitative estimate of drug-likeness (QED) is 0.607. The zero-order chi connectivity index (χ0) is 9.10. The number of aryl methyl sites for hydroxylation is 1. The lowest BCUT2D eigenvalue weighted by molar-refractivity contribution is -0.671. The summed E-state index contributed by atoms with van der Waals surface area (Å²) in [5, 5.41) is 3.35. The Morgan fingerprint density at radius 1 is 1.23 bits per heavy atom. The predicted octanol–water partition coefficient (Wildman–Crippen LogP) is -0.0793. The van der Waals surface area contributed by atoms with Gasteiger partial charge in [0.05, 0.1) is 0 Å². The van der Waals surface area contributed by atoms with E-state index in [0.29, 0.717) is 0 Å². The van der Waals surface area contributed by atoms with E-state index in [9.17, 15) is 0 Å². The highest BCUT2D eigenvalue weighted by molar-refractivity contribution is 5.44. The minimum atomic E-state index is 1.10. The number of anilines is 1. The first-order valence-corrected chi connectivity index (χ1v) is 4.77. The Balaban J connectivity index is 2.10. The van der Waals surface area contributed by atoms with Crippen molar-refractivity contribution in [3.05, 3.63) is 24.5 Å². The van der Waals surface area contributed by atoms with Gasteiger partial charge in [0.25, 0.3) is 0 Å². The SMILES string of the molecule is C[n+]1ccc(N2CCNCC2)cc1. The van der Waals surface area contributed by atoms with Gasteiger partial charge in [-0.25, -0.2) is 4.57 Å². The second-order valence-corrected chi connectivity index (χ2v) is 3.46. The Hall–Kier alpha value is -1.09. The Bertz CT molecular complexity index is 262. The summed E-state index contributed by atoms with van der Waals surface area (Å²) in [6.45, 7) is 4.43. The third-order valence-corrected chi connectivity index (χ3v) is 2.44. The number of piperazine rings is 1. The van der Waals surface area contributed by atoms with Gasteiger partial charge in [0, 0.05) is 44.0 Å². The van der Waals surface area contributed by atoms with Crippen molar-refractivity contribution in [2.75, 3.05) is 31.1 Å². The Kier molecular flexibility index (Phi) is 2.45. The van der Waals surface area contributed by atoms with E-state index in [1.54, 1.807) is 0 Å². The fraction of sp³-hybridized carbons (Fsp3) is 0.500. The molecule has 2 heterocycles. The van der Waals surface area contributed by atoms with Crippen molar-refractivity contribution in [3.63, 3.8) is 0 Å². The molecule has 0 saturated carbocycles. The maximum Gasteiger partial charge on any atom is 0.170 e. The van der Waals surface area contributed by atoms with Crippen LogP contribution in [0.1, 0.15) is 0 Å². The zero-order valence-electron chi connectivity index (χ0n) is 8.03. The van der Waals surface area contributed by atoms with E-state index in [2.05, 4.69) is 39.3 Å². The predicted molar refractivity (Wildman–Crippen MR) is 52.7 cm³/mol. The van der Waals surface area contributed by atoms with Crippen LogP contribution in [-0.2, 0) is 7.05 Å². The number of nitrogens with zero attached hydrogens (tertiary/aromatic N) is 2. The molecule has 1 saturated heterocycles. The van der Waals surface area contributed by atoms with Gasteiger partial charge >= 0.3 is 0 Å². The number of pyridine rings is 1. The molecule has 1 aliphatic rings. The standard InChI is InChI=1S/C10H16N3/c1-12-6-2-10(3-7-12)13-8-4-11-5-9-13/h2-3,6-7,11H,4-5,8-9H2,1H3/q+1. The largest absolute Gasteiger partial charge is 0.369 e. The first-order chi connectivity index (χ1) is 6.36. The van der Waals surface area contributed by atoms with E-state index in [-0.39, 0.29) is 0 Å². The van der Waals surface area contributed by atoms with Crippen LogP contribution in [0.2, 0.25) is 0 Å². The average molecular weight is 178 g/mol. The van der Waals surface area contributed by atoms with Crippen molar-refractivity contribution < 1.29 is 4.57 Å². The summed E-state index contributed by atoms with van der Waals surface area (Å²) in [7, 11) is 2.04. The van der Waals surface area contributed by atoms with Crippen molar-refractivity contribution in [2.45, 2.75) is 0 Å². The second-order valence-electron chi connectivity index (χ2n) is 3.46. The van der Waals surface area contributed by atoms with E-state index in [0.717, 1.165) is 26.2 Å². The summed E-state index contributed by atoms with van der Waals surface area (Å²) in [5.41, 5.74) is 1.33. The van der Waals surface area contributed by atoms with E-state index in [4.69, 9.17) is 0 Å². The second kappa shape index (κ2) is 3.75. The van der Waals surface area contributed by atoms with Gasteiger partial charge in [0.1, 0.15) is 7.05 Å². The maximum atomic E-state index is 3.35. The topological polar surface area (TPSA) is 19.1 Å². The molecule has 0 aromatic carbocycles. The molecule has 70 valence electrons. The third-order valence-electron chi connectivity index (χ3n) is 2.44. The molecule has 3 heteroatoms. The van der Waals surface area contributed by atoms with Crippen molar-refractivity contribution in [2.24, 2.45) is 7.05 Å². The molecule has 13 heavy (non-hydrogen) atoms. The van der Waals surface area contributed by atoms with Gasteiger partial charge in [-0.05, 0) is 0 Å². The molecule has 1 aliphatic heterocycles. The number of hydrogen-bond acceptors (Lipinski definition) is 2. The van der Waals surface area contributed by atoms with Crippen LogP contribution in [0.25, 0.3) is 0 Å². The van der Waals surface area contributed by atoms with Gasteiger partial charge in [-0.15, -0.1) is 0 Å². The van der Waals surface area contributed by atoms with Crippen molar-refractivity contribution in [1.29, 1.82) is 0 Å². The number of nitrogens with one attached hydrogen (secondary N) is 1. The normalized spacial score (nSPS) is 17.5. The molecular formula is C10H16N3+. The molecule has 2 rings (SSSR count). The third kappa shape index (κ3) is 1.98. The summed E-state index contributed by atoms with van der Waals surface area (Å²) in [5.74, 6) is 0. The summed E-state index contributed by atoms with van der Waals surface area (Å²) in [4.78, 5) is 2.41. The molecule has 0 bridgehead atoms. The molecule has 1 fully saturated rings. The fourth-order valence-corrected chi connectivity index (χ4v) is 1.63. The molecule has 3 nitrogen and oxygen atoms in total. The molecule has 0 unspecified atom stereocenters. The molecule has 0 aliphatic carbocycles. The highest BCUT2D eigenvalue weighted by atomic mass is 15.2. The molecule has 1 aromatic heterocycles. The minimum Gasteiger partial charge on any atom is -0.369 e. The average Bonchev–Trinajstić information content (AvgIpc) is 2.20. The van der Waals surface area contributed by atoms with E-state index >= 15 is 0 Å². The highest BCUT2D eigenvalue weighted by Crippen LogP contribution is 2.11. The molecule has 1 aromatic rings. The van der Waals surface area contributed by atoms with E-state index in [1.165, 1.54) is 5.69 Å².